The van der Waals surface area contributed by atoms with Gasteiger partial charge in [0.05, 0.1) is 12.1 Å². The van der Waals surface area contributed by atoms with E-state index in [-0.39, 0.29) is 6.61 Å². The number of aliphatic hydroxyl groups is 1. The van der Waals surface area contributed by atoms with Gasteiger partial charge in [-0.3, -0.25) is 4.98 Å². The van der Waals surface area contributed by atoms with E-state index in [4.69, 9.17) is 9.84 Å². The van der Waals surface area contributed by atoms with E-state index in [9.17, 15) is 0 Å². The molecule has 3 aromatic carbocycles. The van der Waals surface area contributed by atoms with Gasteiger partial charge in [-0.15, -0.1) is 0 Å². The van der Waals surface area contributed by atoms with Gasteiger partial charge in [0.2, 0.25) is 0 Å². The molecule has 29 heavy (non-hydrogen) atoms. The van der Waals surface area contributed by atoms with E-state index < -0.39 is 0 Å². The molecule has 146 valence electrons. The molecule has 3 heteroatoms. The van der Waals surface area contributed by atoms with Crippen molar-refractivity contribution in [2.75, 3.05) is 13.2 Å². The minimum absolute atomic E-state index is 0.211. The highest BCUT2D eigenvalue weighted by Gasteiger charge is 2.09. The van der Waals surface area contributed by atoms with Gasteiger partial charge >= 0.3 is 0 Å². The van der Waals surface area contributed by atoms with E-state index in [1.165, 1.54) is 16.7 Å². The maximum Gasteiger partial charge on any atom is 0.122 e. The number of aryl methyl sites for hydroxylation is 1. The summed E-state index contributed by atoms with van der Waals surface area (Å²) in [6.07, 6.45) is 3.50. The molecule has 0 amide bonds. The molecule has 0 saturated carbocycles. The summed E-state index contributed by atoms with van der Waals surface area (Å²) in [5.41, 5.74) is 6.79. The lowest BCUT2D eigenvalue weighted by Crippen LogP contribution is -2.00. The van der Waals surface area contributed by atoms with Gasteiger partial charge < -0.3 is 9.84 Å². The number of pyridine rings is 1. The standard InChI is InChI=1S/C26H25NO2/c1-19-17-22(10-12-26(19)29-16-6-5-15-28)23-13-14-27-25-18-21(9-11-24(23)25)20-7-3-2-4-8-20/h2-4,7-14,17-18,28H,5-6,15-16H2,1H3. The van der Waals surface area contributed by atoms with Crippen molar-refractivity contribution in [1.82, 2.24) is 4.98 Å². The van der Waals surface area contributed by atoms with Crippen molar-refractivity contribution < 1.29 is 9.84 Å². The van der Waals surface area contributed by atoms with Crippen LogP contribution < -0.4 is 4.74 Å². The van der Waals surface area contributed by atoms with Crippen molar-refractivity contribution in [3.05, 3.63) is 84.6 Å². The van der Waals surface area contributed by atoms with Crippen LogP contribution in [0, 0.1) is 6.92 Å². The molecule has 4 aromatic rings. The summed E-state index contributed by atoms with van der Waals surface area (Å²) in [6.45, 7) is 2.91. The Bertz CT molecular complexity index is 1110. The van der Waals surface area contributed by atoms with Gasteiger partial charge in [-0.2, -0.15) is 0 Å². The zero-order chi connectivity index (χ0) is 20.1. The number of aliphatic hydroxyl groups excluding tert-OH is 1. The molecule has 1 N–H and O–H groups in total. The smallest absolute Gasteiger partial charge is 0.122 e. The number of nitrogens with zero attached hydrogens (tertiary/aromatic N) is 1. The first-order chi connectivity index (χ1) is 14.3. The van der Waals surface area contributed by atoms with Gasteiger partial charge in [-0.05, 0) is 71.8 Å². The lowest BCUT2D eigenvalue weighted by atomic mass is 9.97. The molecule has 0 saturated heterocycles. The van der Waals surface area contributed by atoms with Gasteiger partial charge in [-0.25, -0.2) is 0 Å². The fourth-order valence-electron chi connectivity index (χ4n) is 3.58. The molecule has 0 aliphatic carbocycles. The predicted molar refractivity (Wildman–Crippen MR) is 119 cm³/mol. The molecule has 0 aliphatic rings. The maximum absolute atomic E-state index is 8.89. The molecule has 0 radical (unpaired) electrons. The number of hydrogen-bond donors (Lipinski definition) is 1. The summed E-state index contributed by atoms with van der Waals surface area (Å²) in [7, 11) is 0. The first kappa shape index (κ1) is 19.2. The van der Waals surface area contributed by atoms with E-state index in [1.54, 1.807) is 0 Å². The molecule has 1 aromatic heterocycles. The summed E-state index contributed by atoms with van der Waals surface area (Å²) >= 11 is 0. The first-order valence-corrected chi connectivity index (χ1v) is 10.0. The first-order valence-electron chi connectivity index (χ1n) is 10.0. The number of rotatable bonds is 7. The quantitative estimate of drug-likeness (QED) is 0.396. The third-order valence-corrected chi connectivity index (χ3v) is 5.15. The Labute approximate surface area is 171 Å². The van der Waals surface area contributed by atoms with Crippen LogP contribution in [0.3, 0.4) is 0 Å². The van der Waals surface area contributed by atoms with Crippen molar-refractivity contribution in [3.8, 4) is 28.0 Å². The number of ether oxygens (including phenoxy) is 1. The van der Waals surface area contributed by atoms with Crippen molar-refractivity contribution in [2.24, 2.45) is 0 Å². The summed E-state index contributed by atoms with van der Waals surface area (Å²) < 4.78 is 5.86. The van der Waals surface area contributed by atoms with Crippen LogP contribution in [0.25, 0.3) is 33.2 Å². The molecule has 4 rings (SSSR count). The predicted octanol–water partition coefficient (Wildman–Crippen LogP) is 6.03. The summed E-state index contributed by atoms with van der Waals surface area (Å²) in [6, 6.07) is 25.2. The van der Waals surface area contributed by atoms with Crippen LogP contribution in [0.1, 0.15) is 18.4 Å². The number of unbranched alkanes of at least 4 members (excludes halogenated alkanes) is 1. The summed E-state index contributed by atoms with van der Waals surface area (Å²) in [5, 5.41) is 10.0. The number of hydrogen-bond acceptors (Lipinski definition) is 3. The van der Waals surface area contributed by atoms with Crippen molar-refractivity contribution in [3.63, 3.8) is 0 Å². The molecule has 0 spiro atoms. The van der Waals surface area contributed by atoms with Crippen LogP contribution in [-0.2, 0) is 0 Å². The van der Waals surface area contributed by atoms with Gasteiger partial charge in [-0.1, -0.05) is 48.5 Å². The Morgan fingerprint density at radius 3 is 2.45 bits per heavy atom. The minimum atomic E-state index is 0.211. The van der Waals surface area contributed by atoms with Crippen LogP contribution in [0.15, 0.2) is 79.0 Å². The Morgan fingerprint density at radius 1 is 0.828 bits per heavy atom. The highest BCUT2D eigenvalue weighted by Crippen LogP contribution is 2.32. The average molecular weight is 383 g/mol. The Morgan fingerprint density at radius 2 is 1.66 bits per heavy atom. The molecule has 1 heterocycles. The molecule has 3 nitrogen and oxygen atoms in total. The number of benzene rings is 3. The number of aromatic nitrogens is 1. The van der Waals surface area contributed by atoms with Crippen LogP contribution >= 0.6 is 0 Å². The lowest BCUT2D eigenvalue weighted by molar-refractivity contribution is 0.252. The fraction of sp³-hybridized carbons (Fsp3) is 0.192. The van der Waals surface area contributed by atoms with Gasteiger partial charge in [0.1, 0.15) is 5.75 Å². The largest absolute Gasteiger partial charge is 0.493 e. The zero-order valence-electron chi connectivity index (χ0n) is 16.6. The fourth-order valence-corrected chi connectivity index (χ4v) is 3.58. The van der Waals surface area contributed by atoms with E-state index in [1.807, 2.05) is 18.3 Å². The van der Waals surface area contributed by atoms with Crippen LogP contribution in [0.4, 0.5) is 0 Å². The van der Waals surface area contributed by atoms with Crippen molar-refractivity contribution in [2.45, 2.75) is 19.8 Å². The Hall–Kier alpha value is -3.17. The van der Waals surface area contributed by atoms with E-state index >= 15 is 0 Å². The van der Waals surface area contributed by atoms with Gasteiger partial charge in [0.15, 0.2) is 0 Å². The molecular formula is C26H25NO2. The second kappa shape index (κ2) is 8.89. The third-order valence-electron chi connectivity index (χ3n) is 5.15. The maximum atomic E-state index is 8.89. The Kier molecular flexibility index (Phi) is 5.87. The third kappa shape index (κ3) is 4.30. The molecule has 0 fully saturated rings. The molecule has 0 bridgehead atoms. The molecule has 0 unspecified atom stereocenters. The van der Waals surface area contributed by atoms with Crippen LogP contribution in [0.2, 0.25) is 0 Å². The topological polar surface area (TPSA) is 42.4 Å². The zero-order valence-corrected chi connectivity index (χ0v) is 16.6. The average Bonchev–Trinajstić information content (AvgIpc) is 2.77. The highest BCUT2D eigenvalue weighted by molar-refractivity contribution is 5.96. The molecular weight excluding hydrogens is 358 g/mol. The Balaban J connectivity index is 1.64. The minimum Gasteiger partial charge on any atom is -0.493 e. The lowest BCUT2D eigenvalue weighted by Gasteiger charge is -2.12. The summed E-state index contributed by atoms with van der Waals surface area (Å²) in [5.74, 6) is 0.899. The SMILES string of the molecule is Cc1cc(-c2ccnc3cc(-c4ccccc4)ccc23)ccc1OCCCCO. The second-order valence-electron chi connectivity index (χ2n) is 7.22. The number of fused-ring (bicyclic) bond motifs is 1. The molecule has 0 aliphatic heterocycles. The van der Waals surface area contributed by atoms with Gasteiger partial charge in [0, 0.05) is 18.2 Å². The van der Waals surface area contributed by atoms with Gasteiger partial charge in [0.25, 0.3) is 0 Å². The van der Waals surface area contributed by atoms with E-state index in [0.717, 1.165) is 40.6 Å². The van der Waals surface area contributed by atoms with Crippen molar-refractivity contribution in [1.29, 1.82) is 0 Å². The normalized spacial score (nSPS) is 11.0. The van der Waals surface area contributed by atoms with Crippen LogP contribution in [-0.4, -0.2) is 23.3 Å². The van der Waals surface area contributed by atoms with Crippen molar-refractivity contribution >= 4 is 10.9 Å². The highest BCUT2D eigenvalue weighted by atomic mass is 16.5. The van der Waals surface area contributed by atoms with E-state index in [2.05, 4.69) is 72.6 Å². The second-order valence-corrected chi connectivity index (χ2v) is 7.22. The monoisotopic (exact) mass is 383 g/mol. The summed E-state index contributed by atoms with van der Waals surface area (Å²) in [4.78, 5) is 4.61. The van der Waals surface area contributed by atoms with Crippen LogP contribution in [0.5, 0.6) is 5.75 Å². The van der Waals surface area contributed by atoms with E-state index in [0.29, 0.717) is 6.61 Å². The molecule has 0 atom stereocenters.